The molecule has 1 fully saturated rings. The first-order valence-electron chi connectivity index (χ1n) is 7.74. The van der Waals surface area contributed by atoms with Crippen LogP contribution >= 0.6 is 0 Å². The second-order valence-corrected chi connectivity index (χ2v) is 5.85. The molecule has 0 unspecified atom stereocenters. The van der Waals surface area contributed by atoms with Crippen LogP contribution in [0.1, 0.15) is 45.4 Å². The molecular weight excluding hydrogens is 273 g/mol. The van der Waals surface area contributed by atoms with E-state index in [1.54, 1.807) is 16.8 Å². The summed E-state index contributed by atoms with van der Waals surface area (Å²) in [5.41, 5.74) is -0.676. The molecule has 0 aromatic rings. The van der Waals surface area contributed by atoms with Gasteiger partial charge in [0.05, 0.1) is 13.1 Å². The van der Waals surface area contributed by atoms with E-state index in [1.165, 1.54) is 0 Å². The molecule has 118 valence electrons. The van der Waals surface area contributed by atoms with Crippen LogP contribution in [0, 0.1) is 0 Å². The predicted octanol–water partition coefficient (Wildman–Crippen LogP) is 1.77. The molecule has 0 aliphatic carbocycles. The largest absolute Gasteiger partial charge is 0.342 e. The number of likely N-dealkylation sites (tertiary alicyclic amines) is 1. The number of unbranched alkanes of at least 4 members (excludes halogenated alkanes) is 1. The maximum Gasteiger partial charge on any atom is 0.255 e. The Balaban J connectivity index is 2.02. The smallest absolute Gasteiger partial charge is 0.255 e. The van der Waals surface area contributed by atoms with E-state index in [0.29, 0.717) is 25.9 Å². The van der Waals surface area contributed by atoms with E-state index in [4.69, 9.17) is 4.99 Å². The Morgan fingerprint density at radius 3 is 2.62 bits per heavy atom. The molecule has 5 nitrogen and oxygen atoms in total. The Kier molecular flexibility index (Phi) is 4.96. The molecule has 21 heavy (non-hydrogen) atoms. The molecule has 0 radical (unpaired) electrons. The summed E-state index contributed by atoms with van der Waals surface area (Å²) in [6.07, 6.45) is 3.94. The molecule has 0 N–H and O–H groups in total. The van der Waals surface area contributed by atoms with Crippen LogP contribution in [0.25, 0.3) is 0 Å². The molecule has 0 bridgehead atoms. The molecule has 2 aliphatic rings. The highest BCUT2D eigenvalue weighted by Crippen LogP contribution is 2.34. The third-order valence-corrected chi connectivity index (χ3v) is 4.44. The van der Waals surface area contributed by atoms with Crippen molar-refractivity contribution in [1.29, 1.82) is 0 Å². The maximum absolute atomic E-state index is 12.5. The molecule has 6 heteroatoms. The lowest BCUT2D eigenvalue weighted by Gasteiger charge is -2.36. The number of hydrogen-bond acceptors (Lipinski definition) is 3. The van der Waals surface area contributed by atoms with Crippen LogP contribution in [-0.4, -0.2) is 59.8 Å². The van der Waals surface area contributed by atoms with Crippen LogP contribution in [0.5, 0.6) is 0 Å². The van der Waals surface area contributed by atoms with E-state index in [2.05, 4.69) is 6.92 Å². The zero-order valence-corrected chi connectivity index (χ0v) is 12.9. The molecule has 2 amide bonds. The number of carbonyl (C=O) groups excluding carboxylic acids is 2. The number of carbonyl (C=O) groups is 2. The van der Waals surface area contributed by atoms with Crippen LogP contribution in [0.3, 0.4) is 0 Å². The number of rotatable bonds is 5. The van der Waals surface area contributed by atoms with Crippen molar-refractivity contribution in [3.05, 3.63) is 0 Å². The fourth-order valence-electron chi connectivity index (χ4n) is 3.05. The Labute approximate surface area is 125 Å². The first-order chi connectivity index (χ1) is 10.0. The third kappa shape index (κ3) is 3.09. The van der Waals surface area contributed by atoms with Crippen LogP contribution in [0.2, 0.25) is 0 Å². The first kappa shape index (κ1) is 15.9. The molecule has 2 heterocycles. The highest BCUT2D eigenvalue weighted by molar-refractivity contribution is 6.08. The number of amides is 2. The van der Waals surface area contributed by atoms with Gasteiger partial charge in [-0.3, -0.25) is 19.0 Å². The second kappa shape index (κ2) is 6.54. The molecular formula is C15H24FN3O2. The van der Waals surface area contributed by atoms with Crippen LogP contribution in [0.15, 0.2) is 4.99 Å². The van der Waals surface area contributed by atoms with Gasteiger partial charge in [0, 0.05) is 26.6 Å². The van der Waals surface area contributed by atoms with E-state index >= 15 is 0 Å². The summed E-state index contributed by atoms with van der Waals surface area (Å²) in [6, 6.07) is 0. The minimum atomic E-state index is -0.676. The number of halogens is 1. The SMILES string of the molecule is CCCCC1=NC2(CCN(C(=O)CCF)CC2)C(=O)N1C. The third-order valence-electron chi connectivity index (χ3n) is 4.44. The van der Waals surface area contributed by atoms with Gasteiger partial charge in [-0.1, -0.05) is 13.3 Å². The lowest BCUT2D eigenvalue weighted by atomic mass is 9.87. The number of alkyl halides is 1. The van der Waals surface area contributed by atoms with E-state index in [-0.39, 0.29) is 18.2 Å². The maximum atomic E-state index is 12.5. The normalized spacial score (nSPS) is 21.1. The summed E-state index contributed by atoms with van der Waals surface area (Å²) in [7, 11) is 1.78. The topological polar surface area (TPSA) is 53.0 Å². The van der Waals surface area contributed by atoms with Gasteiger partial charge in [-0.05, 0) is 19.3 Å². The first-order valence-corrected chi connectivity index (χ1v) is 7.74. The summed E-state index contributed by atoms with van der Waals surface area (Å²) in [5.74, 6) is 0.748. The quantitative estimate of drug-likeness (QED) is 0.776. The Hall–Kier alpha value is -1.46. The standard InChI is InChI=1S/C15H24FN3O2/c1-3-4-5-12-17-15(14(21)18(12)2)7-10-19(11-8-15)13(20)6-9-16/h3-11H2,1-2H3. The number of nitrogens with zero attached hydrogens (tertiary/aromatic N) is 3. The van der Waals surface area contributed by atoms with Gasteiger partial charge in [-0.15, -0.1) is 0 Å². The van der Waals surface area contributed by atoms with Crippen molar-refractivity contribution in [1.82, 2.24) is 9.80 Å². The summed E-state index contributed by atoms with van der Waals surface area (Å²) in [4.78, 5) is 32.2. The molecule has 2 rings (SSSR count). The minimum absolute atomic E-state index is 0.0474. The molecule has 0 saturated carbocycles. The summed E-state index contributed by atoms with van der Waals surface area (Å²) in [6.45, 7) is 2.47. The fourth-order valence-corrected chi connectivity index (χ4v) is 3.05. The van der Waals surface area contributed by atoms with E-state index in [9.17, 15) is 14.0 Å². The lowest BCUT2D eigenvalue weighted by molar-refractivity contribution is -0.138. The molecule has 2 aliphatic heterocycles. The average molecular weight is 297 g/mol. The zero-order chi connectivity index (χ0) is 15.5. The summed E-state index contributed by atoms with van der Waals surface area (Å²) in [5, 5.41) is 0. The average Bonchev–Trinajstić information content (AvgIpc) is 2.71. The minimum Gasteiger partial charge on any atom is -0.342 e. The van der Waals surface area contributed by atoms with Gasteiger partial charge in [0.2, 0.25) is 5.91 Å². The van der Waals surface area contributed by atoms with Gasteiger partial charge < -0.3 is 9.80 Å². The number of piperidine rings is 1. The van der Waals surface area contributed by atoms with Gasteiger partial charge in [0.15, 0.2) is 0 Å². The molecule has 1 saturated heterocycles. The van der Waals surface area contributed by atoms with Crippen molar-refractivity contribution in [3.8, 4) is 0 Å². The van der Waals surface area contributed by atoms with Gasteiger partial charge in [0.25, 0.3) is 5.91 Å². The van der Waals surface area contributed by atoms with Gasteiger partial charge in [-0.2, -0.15) is 0 Å². The van der Waals surface area contributed by atoms with Crippen molar-refractivity contribution >= 4 is 17.6 Å². The van der Waals surface area contributed by atoms with Crippen molar-refractivity contribution in [2.45, 2.75) is 51.0 Å². The van der Waals surface area contributed by atoms with Crippen LogP contribution in [-0.2, 0) is 9.59 Å². The number of amidine groups is 1. The van der Waals surface area contributed by atoms with E-state index in [0.717, 1.165) is 25.1 Å². The van der Waals surface area contributed by atoms with Crippen molar-refractivity contribution in [2.75, 3.05) is 26.8 Å². The Morgan fingerprint density at radius 2 is 2.05 bits per heavy atom. The van der Waals surface area contributed by atoms with Crippen molar-refractivity contribution < 1.29 is 14.0 Å². The van der Waals surface area contributed by atoms with Gasteiger partial charge in [-0.25, -0.2) is 0 Å². The van der Waals surface area contributed by atoms with E-state index in [1.807, 2.05) is 0 Å². The second-order valence-electron chi connectivity index (χ2n) is 5.85. The highest BCUT2D eigenvalue weighted by Gasteiger charge is 2.48. The molecule has 0 aromatic carbocycles. The summed E-state index contributed by atoms with van der Waals surface area (Å²) >= 11 is 0. The number of aliphatic imine (C=N–C) groups is 1. The summed E-state index contributed by atoms with van der Waals surface area (Å²) < 4.78 is 12.2. The van der Waals surface area contributed by atoms with Crippen LogP contribution < -0.4 is 0 Å². The molecule has 0 atom stereocenters. The predicted molar refractivity (Wildman–Crippen MR) is 78.9 cm³/mol. The highest BCUT2D eigenvalue weighted by atomic mass is 19.1. The van der Waals surface area contributed by atoms with Crippen LogP contribution in [0.4, 0.5) is 4.39 Å². The number of hydrogen-bond donors (Lipinski definition) is 0. The van der Waals surface area contributed by atoms with Gasteiger partial charge in [0.1, 0.15) is 11.4 Å². The van der Waals surface area contributed by atoms with Gasteiger partial charge >= 0.3 is 0 Å². The Bertz CT molecular complexity index is 442. The molecule has 0 aromatic heterocycles. The lowest BCUT2D eigenvalue weighted by Crippen LogP contribution is -2.50. The zero-order valence-electron chi connectivity index (χ0n) is 12.9. The Morgan fingerprint density at radius 1 is 1.38 bits per heavy atom. The number of likely N-dealkylation sites (N-methyl/N-ethyl adjacent to an activating group) is 1. The van der Waals surface area contributed by atoms with Crippen molar-refractivity contribution in [2.24, 2.45) is 4.99 Å². The molecule has 1 spiro atoms. The van der Waals surface area contributed by atoms with Crippen molar-refractivity contribution in [3.63, 3.8) is 0 Å². The monoisotopic (exact) mass is 297 g/mol. The fraction of sp³-hybridized carbons (Fsp3) is 0.800. The van der Waals surface area contributed by atoms with E-state index < -0.39 is 12.2 Å².